The summed E-state index contributed by atoms with van der Waals surface area (Å²) in [5.41, 5.74) is 0.220. The number of carbonyl (C=O) groups is 2. The highest BCUT2D eigenvalue weighted by Crippen LogP contribution is 2.29. The number of esters is 1. The maximum Gasteiger partial charge on any atom is 0.416 e. The van der Waals surface area contributed by atoms with Crippen LogP contribution in [0.25, 0.3) is 6.08 Å². The molecule has 30 heavy (non-hydrogen) atoms. The molecule has 0 aliphatic heterocycles. The molecule has 2 rings (SSSR count). The topological polar surface area (TPSA) is 52.6 Å². The summed E-state index contributed by atoms with van der Waals surface area (Å²) in [7, 11) is 0. The Kier molecular flexibility index (Phi) is 7.08. The second-order valence-electron chi connectivity index (χ2n) is 7.67. The average Bonchev–Trinajstić information content (AvgIpc) is 2.63. The molecule has 2 aromatic rings. The number of allylic oxidation sites excluding steroid dienone is 1. The summed E-state index contributed by atoms with van der Waals surface area (Å²) in [4.78, 5) is 23.9. The molecule has 7 heteroatoms. The van der Waals surface area contributed by atoms with Crippen LogP contribution in [0.4, 0.5) is 13.2 Å². The van der Waals surface area contributed by atoms with Crippen molar-refractivity contribution in [1.82, 2.24) is 0 Å². The van der Waals surface area contributed by atoms with Gasteiger partial charge in [-0.1, -0.05) is 24.3 Å². The Hall–Kier alpha value is -3.09. The summed E-state index contributed by atoms with van der Waals surface area (Å²) in [5, 5.41) is 0. The van der Waals surface area contributed by atoms with Crippen LogP contribution in [0.5, 0.6) is 5.75 Å². The monoisotopic (exact) mass is 420 g/mol. The number of halogens is 3. The lowest BCUT2D eigenvalue weighted by atomic mass is 10.1. The smallest absolute Gasteiger partial charge is 0.416 e. The zero-order valence-electron chi connectivity index (χ0n) is 17.2. The van der Waals surface area contributed by atoms with E-state index < -0.39 is 29.1 Å². The zero-order valence-corrected chi connectivity index (χ0v) is 17.2. The quantitative estimate of drug-likeness (QED) is 0.345. The number of ether oxygens (including phenoxy) is 2. The summed E-state index contributed by atoms with van der Waals surface area (Å²) in [6.45, 7) is 6.87. The van der Waals surface area contributed by atoms with Crippen LogP contribution in [0.1, 0.15) is 47.8 Å². The molecular formula is C23H23F3O4. The van der Waals surface area contributed by atoms with Crippen molar-refractivity contribution in [3.8, 4) is 5.75 Å². The fourth-order valence-electron chi connectivity index (χ4n) is 2.54. The molecule has 0 saturated heterocycles. The molecule has 0 aliphatic rings. The van der Waals surface area contributed by atoms with E-state index in [1.807, 2.05) is 0 Å². The normalized spacial score (nSPS) is 12.1. The summed E-state index contributed by atoms with van der Waals surface area (Å²) in [6, 6.07) is 9.18. The van der Waals surface area contributed by atoms with Gasteiger partial charge in [0.25, 0.3) is 0 Å². The number of hydrogen-bond donors (Lipinski definition) is 0. The van der Waals surface area contributed by atoms with Gasteiger partial charge >= 0.3 is 12.1 Å². The van der Waals surface area contributed by atoms with Crippen molar-refractivity contribution in [1.29, 1.82) is 0 Å². The van der Waals surface area contributed by atoms with E-state index in [4.69, 9.17) is 9.47 Å². The average molecular weight is 420 g/mol. The van der Waals surface area contributed by atoms with Gasteiger partial charge in [-0.05, 0) is 69.2 Å². The number of rotatable bonds is 6. The van der Waals surface area contributed by atoms with Crippen LogP contribution in [0.15, 0.2) is 48.5 Å². The number of hydrogen-bond acceptors (Lipinski definition) is 4. The Balaban J connectivity index is 2.00. The molecule has 0 aromatic heterocycles. The van der Waals surface area contributed by atoms with Crippen LogP contribution in [0, 0.1) is 6.92 Å². The van der Waals surface area contributed by atoms with E-state index >= 15 is 0 Å². The third-order valence-electron chi connectivity index (χ3n) is 3.89. The van der Waals surface area contributed by atoms with Gasteiger partial charge in [0.1, 0.15) is 11.4 Å². The Labute approximate surface area is 173 Å². The first-order chi connectivity index (χ1) is 13.8. The van der Waals surface area contributed by atoms with Gasteiger partial charge in [-0.2, -0.15) is 13.2 Å². The van der Waals surface area contributed by atoms with Crippen molar-refractivity contribution in [2.45, 2.75) is 39.5 Å². The highest BCUT2D eigenvalue weighted by molar-refractivity contribution is 6.06. The second-order valence-corrected chi connectivity index (χ2v) is 7.67. The van der Waals surface area contributed by atoms with Gasteiger partial charge in [-0.15, -0.1) is 0 Å². The predicted molar refractivity (Wildman–Crippen MR) is 107 cm³/mol. The minimum Gasteiger partial charge on any atom is -0.482 e. The fraction of sp³-hybridized carbons (Fsp3) is 0.304. The molecule has 0 spiro atoms. The summed E-state index contributed by atoms with van der Waals surface area (Å²) in [6.07, 6.45) is -1.59. The lowest BCUT2D eigenvalue weighted by molar-refractivity contribution is -0.157. The number of alkyl halides is 3. The van der Waals surface area contributed by atoms with Gasteiger partial charge in [0.2, 0.25) is 0 Å². The maximum absolute atomic E-state index is 12.6. The molecule has 0 heterocycles. The SMILES string of the molecule is Cc1cc(C=CC(=O)c2ccc(C(F)(F)F)cc2)ccc1OCC(=O)OC(C)(C)C. The predicted octanol–water partition coefficient (Wildman–Crippen LogP) is 5.63. The molecule has 0 aliphatic carbocycles. The number of ketones is 1. The van der Waals surface area contributed by atoms with Gasteiger partial charge in [0.05, 0.1) is 5.56 Å². The van der Waals surface area contributed by atoms with E-state index in [0.717, 1.165) is 29.8 Å². The van der Waals surface area contributed by atoms with E-state index in [2.05, 4.69) is 0 Å². The standard InChI is InChI=1S/C23H23F3O4/c1-15-13-16(6-12-20(15)29-14-21(28)30-22(2,3)4)5-11-19(27)17-7-9-18(10-8-17)23(24,25)26/h5-13H,14H2,1-4H3. The van der Waals surface area contributed by atoms with Crippen molar-refractivity contribution in [3.05, 3.63) is 70.8 Å². The summed E-state index contributed by atoms with van der Waals surface area (Å²) in [5.74, 6) is -0.383. The first-order valence-electron chi connectivity index (χ1n) is 9.20. The summed E-state index contributed by atoms with van der Waals surface area (Å²) >= 11 is 0. The van der Waals surface area contributed by atoms with Crippen LogP contribution < -0.4 is 4.74 Å². The molecule has 0 atom stereocenters. The third-order valence-corrected chi connectivity index (χ3v) is 3.89. The van der Waals surface area contributed by atoms with Crippen molar-refractivity contribution >= 4 is 17.8 Å². The molecule has 0 bridgehead atoms. The Morgan fingerprint density at radius 1 is 1.00 bits per heavy atom. The highest BCUT2D eigenvalue weighted by atomic mass is 19.4. The minimum atomic E-state index is -4.44. The van der Waals surface area contributed by atoms with E-state index in [-0.39, 0.29) is 12.2 Å². The Morgan fingerprint density at radius 2 is 1.63 bits per heavy atom. The molecule has 0 amide bonds. The molecule has 0 unspecified atom stereocenters. The molecule has 0 N–H and O–H groups in total. The van der Waals surface area contributed by atoms with Crippen molar-refractivity contribution in [3.63, 3.8) is 0 Å². The van der Waals surface area contributed by atoms with E-state index in [0.29, 0.717) is 11.3 Å². The lowest BCUT2D eigenvalue weighted by Gasteiger charge is -2.19. The fourth-order valence-corrected chi connectivity index (χ4v) is 2.54. The third kappa shape index (κ3) is 7.06. The van der Waals surface area contributed by atoms with Crippen molar-refractivity contribution < 1.29 is 32.2 Å². The first-order valence-corrected chi connectivity index (χ1v) is 9.20. The Bertz CT molecular complexity index is 936. The van der Waals surface area contributed by atoms with Crippen molar-refractivity contribution in [2.75, 3.05) is 6.61 Å². The molecule has 4 nitrogen and oxygen atoms in total. The van der Waals surface area contributed by atoms with Crippen LogP contribution in [0.3, 0.4) is 0 Å². The van der Waals surface area contributed by atoms with E-state index in [1.54, 1.807) is 52.0 Å². The van der Waals surface area contributed by atoms with Crippen molar-refractivity contribution in [2.24, 2.45) is 0 Å². The lowest BCUT2D eigenvalue weighted by Crippen LogP contribution is -2.27. The number of benzene rings is 2. The van der Waals surface area contributed by atoms with Gasteiger partial charge in [-0.25, -0.2) is 4.79 Å². The summed E-state index contributed by atoms with van der Waals surface area (Å²) < 4.78 is 48.4. The minimum absolute atomic E-state index is 0.160. The van der Waals surface area contributed by atoms with Gasteiger partial charge < -0.3 is 9.47 Å². The van der Waals surface area contributed by atoms with E-state index in [1.165, 1.54) is 6.08 Å². The molecule has 160 valence electrons. The van der Waals surface area contributed by atoms with E-state index in [9.17, 15) is 22.8 Å². The van der Waals surface area contributed by atoms with Crippen LogP contribution in [0.2, 0.25) is 0 Å². The largest absolute Gasteiger partial charge is 0.482 e. The molecular weight excluding hydrogens is 397 g/mol. The van der Waals surface area contributed by atoms with Crippen LogP contribution in [-0.4, -0.2) is 24.0 Å². The van der Waals surface area contributed by atoms with Gasteiger partial charge in [0.15, 0.2) is 12.4 Å². The number of carbonyl (C=O) groups excluding carboxylic acids is 2. The van der Waals surface area contributed by atoms with Gasteiger partial charge in [0, 0.05) is 5.56 Å². The molecule has 0 fully saturated rings. The molecule has 0 saturated carbocycles. The molecule has 2 aromatic carbocycles. The highest BCUT2D eigenvalue weighted by Gasteiger charge is 2.30. The second kappa shape index (κ2) is 9.15. The number of aryl methyl sites for hydroxylation is 1. The molecule has 0 radical (unpaired) electrons. The Morgan fingerprint density at radius 3 is 2.17 bits per heavy atom. The zero-order chi connectivity index (χ0) is 22.5. The first kappa shape index (κ1) is 23.2. The van der Waals surface area contributed by atoms with Crippen LogP contribution >= 0.6 is 0 Å². The van der Waals surface area contributed by atoms with Crippen LogP contribution in [-0.2, 0) is 15.7 Å². The maximum atomic E-state index is 12.6. The van der Waals surface area contributed by atoms with Gasteiger partial charge in [-0.3, -0.25) is 4.79 Å².